The summed E-state index contributed by atoms with van der Waals surface area (Å²) < 4.78 is 5.99. The first-order valence-electron chi connectivity index (χ1n) is 7.40. The Hall–Kier alpha value is -2.29. The fourth-order valence-corrected chi connectivity index (χ4v) is 2.55. The maximum atomic E-state index is 5.99. The summed E-state index contributed by atoms with van der Waals surface area (Å²) in [6, 6.07) is 12.2. The molecule has 0 aliphatic rings. The summed E-state index contributed by atoms with van der Waals surface area (Å²) in [6.45, 7) is 6.32. The Morgan fingerprint density at radius 1 is 1.05 bits per heavy atom. The van der Waals surface area contributed by atoms with Gasteiger partial charge in [0.05, 0.1) is 5.69 Å². The van der Waals surface area contributed by atoms with Crippen molar-refractivity contribution >= 4 is 0 Å². The molecule has 0 bridgehead atoms. The van der Waals surface area contributed by atoms with Gasteiger partial charge in [0.1, 0.15) is 5.76 Å². The van der Waals surface area contributed by atoms with Gasteiger partial charge in [0, 0.05) is 11.3 Å². The van der Waals surface area contributed by atoms with Gasteiger partial charge in [-0.1, -0.05) is 37.6 Å². The van der Waals surface area contributed by atoms with Gasteiger partial charge >= 0.3 is 0 Å². The molecule has 0 saturated heterocycles. The third kappa shape index (κ3) is 2.64. The topological polar surface area (TPSA) is 41.8 Å². The molecule has 0 amide bonds. The Bertz CT molecular complexity index is 752. The van der Waals surface area contributed by atoms with Crippen molar-refractivity contribution < 1.29 is 4.42 Å². The summed E-state index contributed by atoms with van der Waals surface area (Å²) >= 11 is 0. The van der Waals surface area contributed by atoms with Gasteiger partial charge in [-0.05, 0) is 38.0 Å². The maximum absolute atomic E-state index is 5.99. The van der Waals surface area contributed by atoms with E-state index >= 15 is 0 Å². The molecular weight excluding hydrogens is 260 g/mol. The third-order valence-corrected chi connectivity index (χ3v) is 3.72. The summed E-state index contributed by atoms with van der Waals surface area (Å²) in [7, 11) is 0. The molecule has 3 nitrogen and oxygen atoms in total. The van der Waals surface area contributed by atoms with Gasteiger partial charge < -0.3 is 9.40 Å². The van der Waals surface area contributed by atoms with Gasteiger partial charge in [0.15, 0.2) is 11.6 Å². The van der Waals surface area contributed by atoms with Crippen molar-refractivity contribution in [3.8, 4) is 22.9 Å². The number of imidazole rings is 1. The first-order chi connectivity index (χ1) is 10.2. The summed E-state index contributed by atoms with van der Waals surface area (Å²) in [5, 5.41) is 0. The van der Waals surface area contributed by atoms with E-state index in [9.17, 15) is 0 Å². The summed E-state index contributed by atoms with van der Waals surface area (Å²) in [5.74, 6) is 2.49. The van der Waals surface area contributed by atoms with Crippen molar-refractivity contribution in [1.29, 1.82) is 0 Å². The summed E-state index contributed by atoms with van der Waals surface area (Å²) in [5.41, 5.74) is 4.59. The normalized spacial score (nSPS) is 11.0. The number of aryl methyl sites for hydroxylation is 3. The SMILES string of the molecule is CCCc1nc(-c2ccc(-c3ccccc3C)o2)[nH]c1C. The van der Waals surface area contributed by atoms with Crippen molar-refractivity contribution in [1.82, 2.24) is 9.97 Å². The van der Waals surface area contributed by atoms with Crippen LogP contribution >= 0.6 is 0 Å². The van der Waals surface area contributed by atoms with Gasteiger partial charge in [0.2, 0.25) is 0 Å². The predicted molar refractivity (Wildman–Crippen MR) is 85.2 cm³/mol. The first-order valence-corrected chi connectivity index (χ1v) is 7.40. The smallest absolute Gasteiger partial charge is 0.174 e. The fourth-order valence-electron chi connectivity index (χ4n) is 2.55. The number of H-pyrrole nitrogens is 1. The number of hydrogen-bond donors (Lipinski definition) is 1. The molecule has 2 aromatic heterocycles. The van der Waals surface area contributed by atoms with Gasteiger partial charge in [-0.25, -0.2) is 4.98 Å². The van der Waals surface area contributed by atoms with E-state index in [0.717, 1.165) is 47.1 Å². The van der Waals surface area contributed by atoms with Crippen LogP contribution in [0.1, 0.15) is 30.3 Å². The monoisotopic (exact) mass is 280 g/mol. The van der Waals surface area contributed by atoms with Crippen molar-refractivity contribution in [3.63, 3.8) is 0 Å². The van der Waals surface area contributed by atoms with E-state index in [0.29, 0.717) is 0 Å². The summed E-state index contributed by atoms with van der Waals surface area (Å²) in [4.78, 5) is 7.97. The van der Waals surface area contributed by atoms with E-state index in [1.54, 1.807) is 0 Å². The maximum Gasteiger partial charge on any atom is 0.174 e. The van der Waals surface area contributed by atoms with Gasteiger partial charge in [-0.3, -0.25) is 0 Å². The fraction of sp³-hybridized carbons (Fsp3) is 0.278. The van der Waals surface area contributed by atoms with E-state index in [2.05, 4.69) is 42.9 Å². The van der Waals surface area contributed by atoms with Crippen LogP contribution in [0.4, 0.5) is 0 Å². The molecule has 108 valence electrons. The van der Waals surface area contributed by atoms with E-state index in [-0.39, 0.29) is 0 Å². The lowest BCUT2D eigenvalue weighted by Crippen LogP contribution is -1.85. The highest BCUT2D eigenvalue weighted by Crippen LogP contribution is 2.29. The molecule has 2 heterocycles. The average Bonchev–Trinajstić information content (AvgIpc) is 3.08. The zero-order chi connectivity index (χ0) is 14.8. The molecule has 0 atom stereocenters. The minimum atomic E-state index is 0.790. The minimum absolute atomic E-state index is 0.790. The van der Waals surface area contributed by atoms with Crippen LogP contribution in [0, 0.1) is 13.8 Å². The molecule has 1 N–H and O–H groups in total. The Kier molecular flexibility index (Phi) is 3.65. The van der Waals surface area contributed by atoms with Crippen LogP contribution in [0.2, 0.25) is 0 Å². The van der Waals surface area contributed by atoms with Gasteiger partial charge in [0.25, 0.3) is 0 Å². The highest BCUT2D eigenvalue weighted by molar-refractivity contribution is 5.65. The zero-order valence-corrected chi connectivity index (χ0v) is 12.7. The molecule has 21 heavy (non-hydrogen) atoms. The van der Waals surface area contributed by atoms with Gasteiger partial charge in [-0.15, -0.1) is 0 Å². The van der Waals surface area contributed by atoms with Crippen LogP contribution in [0.25, 0.3) is 22.9 Å². The second kappa shape index (κ2) is 5.60. The molecule has 0 unspecified atom stereocenters. The van der Waals surface area contributed by atoms with E-state index in [1.807, 2.05) is 24.3 Å². The first kappa shape index (κ1) is 13.7. The van der Waals surface area contributed by atoms with Crippen LogP contribution in [0.5, 0.6) is 0 Å². The number of nitrogens with zero attached hydrogens (tertiary/aromatic N) is 1. The van der Waals surface area contributed by atoms with Crippen LogP contribution in [0.15, 0.2) is 40.8 Å². The standard InChI is InChI=1S/C18H20N2O/c1-4-7-15-13(3)19-18(20-15)17-11-10-16(21-17)14-9-6-5-8-12(14)2/h5-6,8-11H,4,7H2,1-3H3,(H,19,20). The Balaban J connectivity index is 1.95. The second-order valence-corrected chi connectivity index (χ2v) is 5.39. The largest absolute Gasteiger partial charge is 0.453 e. The van der Waals surface area contributed by atoms with Crippen LogP contribution in [0.3, 0.4) is 0 Å². The van der Waals surface area contributed by atoms with Crippen LogP contribution in [-0.2, 0) is 6.42 Å². The van der Waals surface area contributed by atoms with Gasteiger partial charge in [-0.2, -0.15) is 0 Å². The van der Waals surface area contributed by atoms with Crippen LogP contribution < -0.4 is 0 Å². The third-order valence-electron chi connectivity index (χ3n) is 3.72. The number of aromatic amines is 1. The Labute approximate surface area is 125 Å². The number of rotatable bonds is 4. The quantitative estimate of drug-likeness (QED) is 0.738. The second-order valence-electron chi connectivity index (χ2n) is 5.39. The Morgan fingerprint density at radius 3 is 2.57 bits per heavy atom. The van der Waals surface area contributed by atoms with Crippen molar-refractivity contribution in [3.05, 3.63) is 53.3 Å². The molecule has 0 aliphatic heterocycles. The van der Waals surface area contributed by atoms with Crippen LogP contribution in [-0.4, -0.2) is 9.97 Å². The zero-order valence-electron chi connectivity index (χ0n) is 12.7. The lowest BCUT2D eigenvalue weighted by molar-refractivity contribution is 0.592. The Morgan fingerprint density at radius 2 is 1.81 bits per heavy atom. The number of furan rings is 1. The molecule has 3 rings (SSSR count). The molecule has 3 aromatic rings. The van der Waals surface area contributed by atoms with Crippen molar-refractivity contribution in [2.24, 2.45) is 0 Å². The van der Waals surface area contributed by atoms with Crippen molar-refractivity contribution in [2.45, 2.75) is 33.6 Å². The summed E-state index contributed by atoms with van der Waals surface area (Å²) in [6.07, 6.45) is 2.09. The molecular formula is C18H20N2O. The molecule has 0 aliphatic carbocycles. The molecule has 0 saturated carbocycles. The average molecular weight is 280 g/mol. The highest BCUT2D eigenvalue weighted by Gasteiger charge is 2.13. The lowest BCUT2D eigenvalue weighted by atomic mass is 10.1. The minimum Gasteiger partial charge on any atom is -0.453 e. The van der Waals surface area contributed by atoms with Crippen molar-refractivity contribution in [2.75, 3.05) is 0 Å². The number of aromatic nitrogens is 2. The van der Waals surface area contributed by atoms with E-state index in [1.165, 1.54) is 5.56 Å². The molecule has 3 heteroatoms. The van der Waals surface area contributed by atoms with E-state index in [4.69, 9.17) is 4.42 Å². The number of nitrogens with one attached hydrogen (secondary N) is 1. The molecule has 0 radical (unpaired) electrons. The molecule has 0 spiro atoms. The molecule has 1 aromatic carbocycles. The lowest BCUT2D eigenvalue weighted by Gasteiger charge is -2.00. The predicted octanol–water partition coefficient (Wildman–Crippen LogP) is 4.91. The van der Waals surface area contributed by atoms with E-state index < -0.39 is 0 Å². The highest BCUT2D eigenvalue weighted by atomic mass is 16.3. The number of hydrogen-bond acceptors (Lipinski definition) is 2. The number of benzene rings is 1. The molecule has 0 fully saturated rings.